The van der Waals surface area contributed by atoms with Crippen LogP contribution in [0.4, 0.5) is 4.79 Å². The average Bonchev–Trinajstić information content (AvgIpc) is 2.45. The van der Waals surface area contributed by atoms with E-state index in [1.54, 1.807) is 18.9 Å². The smallest absolute Gasteiger partial charge is 0.319 e. The molecule has 2 rings (SSSR count). The third-order valence-corrected chi connectivity index (χ3v) is 4.86. The molecule has 1 saturated heterocycles. The highest BCUT2D eigenvalue weighted by molar-refractivity contribution is 5.76. The molecule has 1 heterocycles. The Morgan fingerprint density at radius 1 is 1.25 bits per heavy atom. The van der Waals surface area contributed by atoms with E-state index in [0.29, 0.717) is 5.92 Å². The Labute approximate surface area is 120 Å². The number of fused-ring (bicyclic) bond motifs is 1. The summed E-state index contributed by atoms with van der Waals surface area (Å²) in [7, 11) is 1.70. The molecular formula is C15H26N2O3. The molecule has 2 amide bonds. The summed E-state index contributed by atoms with van der Waals surface area (Å²) >= 11 is 0. The summed E-state index contributed by atoms with van der Waals surface area (Å²) in [6.07, 6.45) is 6.29. The first-order chi connectivity index (χ1) is 9.49. The van der Waals surface area contributed by atoms with Gasteiger partial charge in [-0.1, -0.05) is 26.2 Å². The molecule has 0 spiro atoms. The summed E-state index contributed by atoms with van der Waals surface area (Å²) in [6.45, 7) is 3.60. The van der Waals surface area contributed by atoms with Crippen LogP contribution in [0.2, 0.25) is 0 Å². The molecular weight excluding hydrogens is 256 g/mol. The first kappa shape index (κ1) is 15.1. The lowest BCUT2D eigenvalue weighted by atomic mass is 9.75. The molecule has 0 bridgehead atoms. The molecule has 1 aliphatic carbocycles. The molecule has 1 saturated carbocycles. The van der Waals surface area contributed by atoms with Crippen LogP contribution in [0.25, 0.3) is 0 Å². The van der Waals surface area contributed by atoms with Crippen LogP contribution in [0.3, 0.4) is 0 Å². The van der Waals surface area contributed by atoms with Gasteiger partial charge < -0.3 is 14.9 Å². The average molecular weight is 282 g/mol. The van der Waals surface area contributed by atoms with E-state index in [9.17, 15) is 9.59 Å². The number of nitrogens with zero attached hydrogens (tertiary/aromatic N) is 2. The van der Waals surface area contributed by atoms with Crippen LogP contribution in [0.1, 0.15) is 39.0 Å². The number of carboxylic acids is 1. The second kappa shape index (κ2) is 6.46. The molecule has 3 unspecified atom stereocenters. The van der Waals surface area contributed by atoms with Crippen molar-refractivity contribution in [2.75, 3.05) is 26.7 Å². The lowest BCUT2D eigenvalue weighted by Crippen LogP contribution is -2.50. The number of piperidine rings is 1. The molecule has 5 nitrogen and oxygen atoms in total. The maximum atomic E-state index is 12.4. The van der Waals surface area contributed by atoms with Crippen LogP contribution in [-0.2, 0) is 4.79 Å². The molecule has 20 heavy (non-hydrogen) atoms. The number of urea groups is 1. The number of rotatable bonds is 3. The Morgan fingerprint density at radius 2 is 1.90 bits per heavy atom. The van der Waals surface area contributed by atoms with Crippen molar-refractivity contribution in [2.45, 2.75) is 39.0 Å². The molecule has 1 N–H and O–H groups in total. The van der Waals surface area contributed by atoms with Crippen LogP contribution >= 0.6 is 0 Å². The van der Waals surface area contributed by atoms with Crippen molar-refractivity contribution < 1.29 is 14.7 Å². The maximum Gasteiger partial charge on any atom is 0.319 e. The van der Waals surface area contributed by atoms with E-state index < -0.39 is 11.9 Å². The molecule has 0 aromatic heterocycles. The lowest BCUT2D eigenvalue weighted by Gasteiger charge is -2.42. The zero-order valence-corrected chi connectivity index (χ0v) is 12.5. The summed E-state index contributed by atoms with van der Waals surface area (Å²) in [5, 5.41) is 8.93. The van der Waals surface area contributed by atoms with Crippen molar-refractivity contribution in [3.63, 3.8) is 0 Å². The van der Waals surface area contributed by atoms with E-state index in [1.165, 1.54) is 25.7 Å². The summed E-state index contributed by atoms with van der Waals surface area (Å²) in [5.41, 5.74) is 0. The monoisotopic (exact) mass is 282 g/mol. The van der Waals surface area contributed by atoms with Crippen molar-refractivity contribution in [3.05, 3.63) is 0 Å². The molecule has 3 atom stereocenters. The number of carbonyl (C=O) groups is 2. The topological polar surface area (TPSA) is 60.9 Å². The van der Waals surface area contributed by atoms with Crippen molar-refractivity contribution in [3.8, 4) is 0 Å². The molecule has 5 heteroatoms. The fourth-order valence-corrected chi connectivity index (χ4v) is 3.58. The van der Waals surface area contributed by atoms with Gasteiger partial charge in [-0.25, -0.2) is 4.79 Å². The van der Waals surface area contributed by atoms with E-state index >= 15 is 0 Å². The third kappa shape index (κ3) is 3.44. The Balaban J connectivity index is 1.87. The largest absolute Gasteiger partial charge is 0.481 e. The summed E-state index contributed by atoms with van der Waals surface area (Å²) < 4.78 is 0. The number of aliphatic carboxylic acids is 1. The SMILES string of the molecule is CC(CN(C)C(=O)N1CCC2CCCCC2C1)C(=O)O. The molecule has 114 valence electrons. The Hall–Kier alpha value is -1.26. The van der Waals surface area contributed by atoms with Crippen molar-refractivity contribution >= 4 is 12.0 Å². The molecule has 0 aromatic carbocycles. The number of carboxylic acid groups (broad SMARTS) is 1. The quantitative estimate of drug-likeness (QED) is 0.863. The van der Waals surface area contributed by atoms with E-state index in [0.717, 1.165) is 25.4 Å². The fourth-order valence-electron chi connectivity index (χ4n) is 3.58. The predicted molar refractivity (Wildman–Crippen MR) is 76.5 cm³/mol. The normalized spacial score (nSPS) is 27.6. The minimum Gasteiger partial charge on any atom is -0.481 e. The van der Waals surface area contributed by atoms with E-state index in [2.05, 4.69) is 0 Å². The molecule has 2 aliphatic rings. The number of likely N-dealkylation sites (tertiary alicyclic amines) is 1. The van der Waals surface area contributed by atoms with Gasteiger partial charge in [-0.3, -0.25) is 4.79 Å². The minimum atomic E-state index is -0.851. The van der Waals surface area contributed by atoms with Crippen LogP contribution in [0.5, 0.6) is 0 Å². The first-order valence-corrected chi connectivity index (χ1v) is 7.72. The highest BCUT2D eigenvalue weighted by atomic mass is 16.4. The molecule has 0 aromatic rings. The van der Waals surface area contributed by atoms with Crippen molar-refractivity contribution in [1.29, 1.82) is 0 Å². The number of carbonyl (C=O) groups excluding carboxylic acids is 1. The Kier molecular flexibility index (Phi) is 4.89. The third-order valence-electron chi connectivity index (χ3n) is 4.86. The van der Waals surface area contributed by atoms with Gasteiger partial charge in [-0.15, -0.1) is 0 Å². The van der Waals surface area contributed by atoms with Gasteiger partial charge >= 0.3 is 12.0 Å². The van der Waals surface area contributed by atoms with E-state index in [1.807, 2.05) is 4.90 Å². The zero-order valence-electron chi connectivity index (χ0n) is 12.5. The molecule has 0 radical (unpaired) electrons. The highest BCUT2D eigenvalue weighted by Crippen LogP contribution is 2.36. The minimum absolute atomic E-state index is 0.0119. The van der Waals surface area contributed by atoms with Crippen LogP contribution in [-0.4, -0.2) is 53.6 Å². The van der Waals surface area contributed by atoms with Crippen LogP contribution in [0.15, 0.2) is 0 Å². The first-order valence-electron chi connectivity index (χ1n) is 7.72. The van der Waals surface area contributed by atoms with Gasteiger partial charge in [0.1, 0.15) is 0 Å². The summed E-state index contributed by atoms with van der Waals surface area (Å²) in [4.78, 5) is 26.7. The van der Waals surface area contributed by atoms with Gasteiger partial charge in [0.25, 0.3) is 0 Å². The number of hydrogen-bond donors (Lipinski definition) is 1. The van der Waals surface area contributed by atoms with Gasteiger partial charge in [0.15, 0.2) is 0 Å². The van der Waals surface area contributed by atoms with Crippen LogP contribution < -0.4 is 0 Å². The van der Waals surface area contributed by atoms with Crippen molar-refractivity contribution in [2.24, 2.45) is 17.8 Å². The van der Waals surface area contributed by atoms with E-state index in [-0.39, 0.29) is 12.6 Å². The maximum absolute atomic E-state index is 12.4. The Morgan fingerprint density at radius 3 is 2.55 bits per heavy atom. The summed E-state index contributed by atoms with van der Waals surface area (Å²) in [6, 6.07) is -0.0119. The fraction of sp³-hybridized carbons (Fsp3) is 0.867. The number of amides is 2. The number of hydrogen-bond acceptors (Lipinski definition) is 2. The van der Waals surface area contributed by atoms with Gasteiger partial charge in [-0.2, -0.15) is 0 Å². The standard InChI is InChI=1S/C15H26N2O3/c1-11(14(18)19)9-16(2)15(20)17-8-7-12-5-3-4-6-13(12)10-17/h11-13H,3-10H2,1-2H3,(H,18,19). The van der Waals surface area contributed by atoms with Crippen LogP contribution in [0, 0.1) is 17.8 Å². The highest BCUT2D eigenvalue weighted by Gasteiger charge is 2.34. The Bertz CT molecular complexity index is 372. The van der Waals surface area contributed by atoms with Gasteiger partial charge in [0.05, 0.1) is 5.92 Å². The predicted octanol–water partition coefficient (Wildman–Crippen LogP) is 2.27. The zero-order chi connectivity index (χ0) is 14.7. The second-order valence-corrected chi connectivity index (χ2v) is 6.44. The molecule has 2 fully saturated rings. The van der Waals surface area contributed by atoms with Gasteiger partial charge in [-0.05, 0) is 24.7 Å². The summed E-state index contributed by atoms with van der Waals surface area (Å²) in [5.74, 6) is 0.0922. The lowest BCUT2D eigenvalue weighted by molar-refractivity contribution is -0.141. The van der Waals surface area contributed by atoms with Gasteiger partial charge in [0.2, 0.25) is 0 Å². The van der Waals surface area contributed by atoms with E-state index in [4.69, 9.17) is 5.11 Å². The van der Waals surface area contributed by atoms with Gasteiger partial charge in [0, 0.05) is 26.7 Å². The molecule has 1 aliphatic heterocycles. The second-order valence-electron chi connectivity index (χ2n) is 6.44. The van der Waals surface area contributed by atoms with Crippen molar-refractivity contribution in [1.82, 2.24) is 9.80 Å².